The van der Waals surface area contributed by atoms with Crippen LogP contribution in [0.15, 0.2) is 42.9 Å². The minimum atomic E-state index is -0.674. The van der Waals surface area contributed by atoms with Crippen molar-refractivity contribution in [2.24, 2.45) is 5.41 Å². The van der Waals surface area contributed by atoms with Crippen molar-refractivity contribution in [1.29, 1.82) is 0 Å². The molecule has 0 saturated heterocycles. The van der Waals surface area contributed by atoms with Crippen LogP contribution < -0.4 is 5.32 Å². The molecule has 6 heteroatoms. The fourth-order valence-electron chi connectivity index (χ4n) is 2.53. The predicted molar refractivity (Wildman–Crippen MR) is 95.3 cm³/mol. The summed E-state index contributed by atoms with van der Waals surface area (Å²) in [4.78, 5) is 28.6. The first-order valence-corrected chi connectivity index (χ1v) is 8.23. The van der Waals surface area contributed by atoms with Crippen molar-refractivity contribution in [2.45, 2.75) is 39.8 Å². The number of methoxy groups -OCH3 is 1. The Bertz CT molecular complexity index is 717. The highest BCUT2D eigenvalue weighted by Gasteiger charge is 2.31. The van der Waals surface area contributed by atoms with Crippen LogP contribution in [0.2, 0.25) is 0 Å². The van der Waals surface area contributed by atoms with E-state index in [4.69, 9.17) is 0 Å². The Morgan fingerprint density at radius 1 is 1.24 bits per heavy atom. The number of carbonyl (C=O) groups is 2. The van der Waals surface area contributed by atoms with Gasteiger partial charge in [0.25, 0.3) is 0 Å². The Morgan fingerprint density at radius 2 is 1.92 bits per heavy atom. The number of nitrogens with zero attached hydrogens (tertiary/aromatic N) is 2. The molecular weight excluding hydrogens is 318 g/mol. The summed E-state index contributed by atoms with van der Waals surface area (Å²) < 4.78 is 6.60. The lowest BCUT2D eigenvalue weighted by Gasteiger charge is -2.24. The minimum Gasteiger partial charge on any atom is -0.453 e. The molecule has 2 aromatic rings. The molecule has 2 rings (SSSR count). The van der Waals surface area contributed by atoms with Gasteiger partial charge in [-0.15, -0.1) is 0 Å². The number of hydrogen-bond donors (Lipinski definition) is 1. The van der Waals surface area contributed by atoms with Crippen LogP contribution in [0.5, 0.6) is 0 Å². The second kappa shape index (κ2) is 7.96. The monoisotopic (exact) mass is 343 g/mol. The molecule has 0 fully saturated rings. The van der Waals surface area contributed by atoms with Gasteiger partial charge in [0.2, 0.25) is 0 Å². The summed E-state index contributed by atoms with van der Waals surface area (Å²) in [5.74, 6) is -0.0597. The average molecular weight is 343 g/mol. The van der Waals surface area contributed by atoms with Crippen molar-refractivity contribution in [3.05, 3.63) is 54.1 Å². The van der Waals surface area contributed by atoms with E-state index in [1.54, 1.807) is 6.33 Å². The molecule has 1 aromatic carbocycles. The van der Waals surface area contributed by atoms with Crippen molar-refractivity contribution in [1.82, 2.24) is 14.9 Å². The topological polar surface area (TPSA) is 73.2 Å². The lowest BCUT2D eigenvalue weighted by Crippen LogP contribution is -2.47. The average Bonchev–Trinajstić information content (AvgIpc) is 3.00. The van der Waals surface area contributed by atoms with E-state index in [9.17, 15) is 9.59 Å². The van der Waals surface area contributed by atoms with Crippen molar-refractivity contribution in [2.75, 3.05) is 7.11 Å². The van der Waals surface area contributed by atoms with Gasteiger partial charge in [-0.1, -0.05) is 51.1 Å². The van der Waals surface area contributed by atoms with E-state index in [0.717, 1.165) is 5.69 Å². The zero-order chi connectivity index (χ0) is 18.4. The molecule has 1 aromatic heterocycles. The van der Waals surface area contributed by atoms with Crippen molar-refractivity contribution in [3.63, 3.8) is 0 Å². The number of amides is 1. The molecule has 134 valence electrons. The normalized spacial score (nSPS) is 12.5. The maximum absolute atomic E-state index is 12.6. The van der Waals surface area contributed by atoms with Crippen LogP contribution in [0, 0.1) is 5.41 Å². The zero-order valence-corrected chi connectivity index (χ0v) is 15.2. The van der Waals surface area contributed by atoms with Gasteiger partial charge in [0.15, 0.2) is 5.78 Å². The fourth-order valence-corrected chi connectivity index (χ4v) is 2.53. The molecule has 1 unspecified atom stereocenters. The number of benzene rings is 1. The number of aromatic nitrogens is 2. The highest BCUT2D eigenvalue weighted by atomic mass is 16.5. The van der Waals surface area contributed by atoms with E-state index in [1.807, 2.05) is 61.9 Å². The number of ether oxygens (including phenoxy) is 1. The van der Waals surface area contributed by atoms with Gasteiger partial charge in [-0.2, -0.15) is 0 Å². The summed E-state index contributed by atoms with van der Waals surface area (Å²) in [6.45, 7) is 6.19. The van der Waals surface area contributed by atoms with E-state index in [1.165, 1.54) is 12.7 Å². The lowest BCUT2D eigenvalue weighted by molar-refractivity contribution is -0.128. The van der Waals surface area contributed by atoms with Crippen LogP contribution in [-0.4, -0.2) is 34.6 Å². The van der Waals surface area contributed by atoms with Crippen molar-refractivity contribution in [3.8, 4) is 0 Å². The summed E-state index contributed by atoms with van der Waals surface area (Å²) in [5, 5.41) is 2.62. The molecule has 0 bridgehead atoms. The lowest BCUT2D eigenvalue weighted by atomic mass is 9.85. The van der Waals surface area contributed by atoms with Gasteiger partial charge in [-0.25, -0.2) is 9.78 Å². The van der Waals surface area contributed by atoms with Crippen LogP contribution >= 0.6 is 0 Å². The van der Waals surface area contributed by atoms with E-state index in [0.29, 0.717) is 13.0 Å². The molecule has 0 aliphatic carbocycles. The van der Waals surface area contributed by atoms with Crippen LogP contribution in [-0.2, 0) is 22.5 Å². The quantitative estimate of drug-likeness (QED) is 0.875. The number of ketones is 1. The van der Waals surface area contributed by atoms with Gasteiger partial charge in [0, 0.05) is 24.6 Å². The molecule has 1 atom stereocenters. The van der Waals surface area contributed by atoms with Crippen LogP contribution in [0.4, 0.5) is 4.79 Å². The summed E-state index contributed by atoms with van der Waals surface area (Å²) in [6, 6.07) is 9.38. The standard InChI is InChI=1S/C19H25N3O3/c1-19(2,3)17(23)16(21-18(24)25-4)10-15-12-22(13-20-15)11-14-8-6-5-7-9-14/h5-9,12-13,16H,10-11H2,1-4H3,(H,21,24). The third kappa shape index (κ3) is 5.45. The van der Waals surface area contributed by atoms with E-state index in [-0.39, 0.29) is 5.78 Å². The van der Waals surface area contributed by atoms with Gasteiger partial charge in [-0.3, -0.25) is 4.79 Å². The maximum atomic E-state index is 12.6. The molecule has 1 heterocycles. The highest BCUT2D eigenvalue weighted by molar-refractivity contribution is 5.91. The van der Waals surface area contributed by atoms with Crippen LogP contribution in [0.3, 0.4) is 0 Å². The Morgan fingerprint density at radius 3 is 2.52 bits per heavy atom. The SMILES string of the molecule is COC(=O)NC(Cc1cn(Cc2ccccc2)cn1)C(=O)C(C)(C)C. The Kier molecular flexibility index (Phi) is 5.96. The fraction of sp³-hybridized carbons (Fsp3) is 0.421. The molecule has 25 heavy (non-hydrogen) atoms. The van der Waals surface area contributed by atoms with Gasteiger partial charge >= 0.3 is 6.09 Å². The summed E-state index contributed by atoms with van der Waals surface area (Å²) in [6.07, 6.45) is 3.34. The van der Waals surface area contributed by atoms with Crippen molar-refractivity contribution < 1.29 is 14.3 Å². The van der Waals surface area contributed by atoms with Gasteiger partial charge in [0.1, 0.15) is 0 Å². The number of alkyl carbamates (subject to hydrolysis) is 1. The number of carbonyl (C=O) groups excluding carboxylic acids is 2. The largest absolute Gasteiger partial charge is 0.453 e. The minimum absolute atomic E-state index is 0.0597. The molecule has 1 N–H and O–H groups in total. The third-order valence-corrected chi connectivity index (χ3v) is 3.84. The number of rotatable bonds is 6. The number of hydrogen-bond acceptors (Lipinski definition) is 4. The Hall–Kier alpha value is -2.63. The first-order chi connectivity index (χ1) is 11.8. The van der Waals surface area contributed by atoms with E-state index in [2.05, 4.69) is 15.0 Å². The first-order valence-electron chi connectivity index (χ1n) is 8.23. The Labute approximate surface area is 148 Å². The first kappa shape index (κ1) is 18.7. The number of Topliss-reactive ketones (excluding diaryl/α,β-unsaturated/α-hetero) is 1. The second-order valence-electron chi connectivity index (χ2n) is 7.03. The summed E-state index contributed by atoms with van der Waals surface area (Å²) >= 11 is 0. The summed E-state index contributed by atoms with van der Waals surface area (Å²) in [5.41, 5.74) is 1.34. The van der Waals surface area contributed by atoms with E-state index >= 15 is 0 Å². The van der Waals surface area contributed by atoms with Crippen LogP contribution in [0.1, 0.15) is 32.0 Å². The predicted octanol–water partition coefficient (Wildman–Crippen LogP) is 2.81. The van der Waals surface area contributed by atoms with Crippen molar-refractivity contribution >= 4 is 11.9 Å². The molecule has 0 aliphatic heterocycles. The molecule has 6 nitrogen and oxygen atoms in total. The van der Waals surface area contributed by atoms with Gasteiger partial charge in [-0.05, 0) is 5.56 Å². The van der Waals surface area contributed by atoms with Crippen LogP contribution in [0.25, 0.3) is 0 Å². The Balaban J connectivity index is 2.10. The third-order valence-electron chi connectivity index (χ3n) is 3.84. The molecule has 0 radical (unpaired) electrons. The second-order valence-corrected chi connectivity index (χ2v) is 7.03. The number of imidazole rings is 1. The maximum Gasteiger partial charge on any atom is 0.407 e. The summed E-state index contributed by atoms with van der Waals surface area (Å²) in [7, 11) is 1.28. The zero-order valence-electron chi connectivity index (χ0n) is 15.2. The highest BCUT2D eigenvalue weighted by Crippen LogP contribution is 2.19. The van der Waals surface area contributed by atoms with Gasteiger partial charge < -0.3 is 14.6 Å². The molecular formula is C19H25N3O3. The number of nitrogens with one attached hydrogen (secondary N) is 1. The molecule has 0 spiro atoms. The molecule has 1 amide bonds. The van der Waals surface area contributed by atoms with E-state index < -0.39 is 17.6 Å². The molecule has 0 aliphatic rings. The molecule has 0 saturated carbocycles. The smallest absolute Gasteiger partial charge is 0.407 e. The van der Waals surface area contributed by atoms with Gasteiger partial charge in [0.05, 0.1) is 25.2 Å².